The second kappa shape index (κ2) is 7.13. The van der Waals surface area contributed by atoms with Crippen molar-refractivity contribution >= 4 is 22.7 Å². The van der Waals surface area contributed by atoms with Crippen LogP contribution in [-0.4, -0.2) is 61.3 Å². The number of pyridine rings is 1. The van der Waals surface area contributed by atoms with Gasteiger partial charge in [0.1, 0.15) is 5.69 Å². The summed E-state index contributed by atoms with van der Waals surface area (Å²) in [6.45, 7) is 2.42. The Morgan fingerprint density at radius 3 is 2.83 bits per heavy atom. The quantitative estimate of drug-likeness (QED) is 0.723. The fraction of sp³-hybridized carbons (Fsp3) is 0.500. The van der Waals surface area contributed by atoms with Gasteiger partial charge in [0.05, 0.1) is 43.0 Å². The van der Waals surface area contributed by atoms with Gasteiger partial charge in [-0.15, -0.1) is 0 Å². The molecule has 2 N–H and O–H groups in total. The van der Waals surface area contributed by atoms with Crippen molar-refractivity contribution in [2.45, 2.75) is 31.0 Å². The summed E-state index contributed by atoms with van der Waals surface area (Å²) in [4.78, 5) is 25.7. The number of halogens is 1. The van der Waals surface area contributed by atoms with E-state index in [1.807, 2.05) is 4.90 Å². The lowest BCUT2D eigenvalue weighted by atomic mass is 10.1. The molecule has 1 aromatic carbocycles. The zero-order chi connectivity index (χ0) is 21.0. The molecule has 1 aromatic heterocycles. The first kappa shape index (κ1) is 19.1. The van der Waals surface area contributed by atoms with Crippen molar-refractivity contribution in [2.75, 3.05) is 38.3 Å². The lowest BCUT2D eigenvalue weighted by Crippen LogP contribution is -2.47. The number of benzene rings is 1. The minimum Gasteiger partial charge on any atom is -0.492 e. The van der Waals surface area contributed by atoms with Gasteiger partial charge in [-0.25, -0.2) is 9.18 Å². The third-order valence-electron chi connectivity index (χ3n) is 5.93. The van der Waals surface area contributed by atoms with Crippen molar-refractivity contribution in [1.82, 2.24) is 9.88 Å². The SMILES string of the molecule is COc1c(N2C[C@@H]3NCCO[C@@H]3C2)c(F)cc2c(=O)c(OC(=O)O)cn(C3CC3)c12. The Labute approximate surface area is 170 Å². The van der Waals surface area contributed by atoms with Gasteiger partial charge in [0, 0.05) is 25.7 Å². The van der Waals surface area contributed by atoms with Crippen LogP contribution in [0.2, 0.25) is 0 Å². The predicted octanol–water partition coefficient (Wildman–Crippen LogP) is 1.72. The molecule has 2 atom stereocenters. The molecular weight excluding hydrogens is 397 g/mol. The zero-order valence-corrected chi connectivity index (χ0v) is 16.4. The first-order chi connectivity index (χ1) is 14.5. The second-order valence-corrected chi connectivity index (χ2v) is 7.84. The van der Waals surface area contributed by atoms with E-state index in [1.54, 1.807) is 4.57 Å². The first-order valence-corrected chi connectivity index (χ1v) is 9.94. The molecular formula is C20H22FN3O6. The number of carboxylic acid groups (broad SMARTS) is 1. The van der Waals surface area contributed by atoms with Gasteiger partial charge >= 0.3 is 6.16 Å². The molecule has 0 unspecified atom stereocenters. The summed E-state index contributed by atoms with van der Waals surface area (Å²) in [5, 5.41) is 12.4. The molecule has 0 amide bonds. The third-order valence-corrected chi connectivity index (χ3v) is 5.93. The molecule has 0 radical (unpaired) electrons. The number of aromatic nitrogens is 1. The van der Waals surface area contributed by atoms with Gasteiger partial charge in [0.15, 0.2) is 17.3 Å². The number of ether oxygens (including phenoxy) is 3. The molecule has 1 aliphatic carbocycles. The first-order valence-electron chi connectivity index (χ1n) is 9.94. The number of nitrogens with one attached hydrogen (secondary N) is 1. The molecule has 3 fully saturated rings. The Balaban J connectivity index is 1.70. The van der Waals surface area contributed by atoms with E-state index in [0.717, 1.165) is 25.5 Å². The van der Waals surface area contributed by atoms with E-state index in [9.17, 15) is 9.59 Å². The number of rotatable bonds is 4. The number of hydrogen-bond donors (Lipinski definition) is 2. The predicted molar refractivity (Wildman–Crippen MR) is 105 cm³/mol. The number of fused-ring (bicyclic) bond motifs is 2. The molecule has 160 valence electrons. The van der Waals surface area contributed by atoms with Gasteiger partial charge in [-0.05, 0) is 18.9 Å². The Morgan fingerprint density at radius 1 is 1.37 bits per heavy atom. The lowest BCUT2D eigenvalue weighted by Gasteiger charge is -2.25. The van der Waals surface area contributed by atoms with Gasteiger partial charge in [-0.3, -0.25) is 4.79 Å². The summed E-state index contributed by atoms with van der Waals surface area (Å²) >= 11 is 0. The maximum absolute atomic E-state index is 15.3. The number of carbonyl (C=O) groups is 1. The molecule has 0 spiro atoms. The fourth-order valence-corrected chi connectivity index (χ4v) is 4.49. The normalized spacial score (nSPS) is 23.5. The smallest absolute Gasteiger partial charge is 0.492 e. The topological polar surface area (TPSA) is 102 Å². The minimum atomic E-state index is -1.59. The van der Waals surface area contributed by atoms with Gasteiger partial charge in [-0.2, -0.15) is 0 Å². The van der Waals surface area contributed by atoms with Crippen molar-refractivity contribution < 1.29 is 28.5 Å². The average molecular weight is 419 g/mol. The summed E-state index contributed by atoms with van der Waals surface area (Å²) < 4.78 is 33.2. The van der Waals surface area contributed by atoms with Crippen molar-refractivity contribution in [2.24, 2.45) is 0 Å². The molecule has 30 heavy (non-hydrogen) atoms. The molecule has 2 saturated heterocycles. The highest BCUT2D eigenvalue weighted by Crippen LogP contribution is 2.45. The van der Waals surface area contributed by atoms with E-state index in [1.165, 1.54) is 13.3 Å². The monoisotopic (exact) mass is 419 g/mol. The lowest BCUT2D eigenvalue weighted by molar-refractivity contribution is 0.0212. The molecule has 2 aromatic rings. The summed E-state index contributed by atoms with van der Waals surface area (Å²) in [5.41, 5.74) is 0.0431. The molecule has 10 heteroatoms. The van der Waals surface area contributed by atoms with Gasteiger partial charge < -0.3 is 34.1 Å². The summed E-state index contributed by atoms with van der Waals surface area (Å²) in [6, 6.07) is 1.32. The van der Waals surface area contributed by atoms with Crippen molar-refractivity contribution in [1.29, 1.82) is 0 Å². The Morgan fingerprint density at radius 2 is 2.17 bits per heavy atom. The van der Waals surface area contributed by atoms with E-state index in [4.69, 9.17) is 14.6 Å². The minimum absolute atomic E-state index is 0.0322. The maximum atomic E-state index is 15.3. The third kappa shape index (κ3) is 3.07. The second-order valence-electron chi connectivity index (χ2n) is 7.84. The van der Waals surface area contributed by atoms with Crippen LogP contribution in [0.5, 0.6) is 11.5 Å². The molecule has 3 heterocycles. The van der Waals surface area contributed by atoms with Crippen LogP contribution < -0.4 is 25.1 Å². The molecule has 9 nitrogen and oxygen atoms in total. The molecule has 1 saturated carbocycles. The number of anilines is 1. The van der Waals surface area contributed by atoms with Crippen LogP contribution in [0.4, 0.5) is 14.9 Å². The standard InChI is InChI=1S/C20H22FN3O6/c1-28-19-16-11(18(25)15(30-20(26)27)9-24(16)10-2-3-10)6-12(21)17(19)23-7-13-14(8-23)29-5-4-22-13/h6,9-10,13-14,22H,2-5,7-8H2,1H3,(H,26,27)/t13-,14+/m0/s1. The molecule has 5 rings (SSSR count). The van der Waals surface area contributed by atoms with Crippen molar-refractivity contribution in [3.8, 4) is 11.5 Å². The highest BCUT2D eigenvalue weighted by atomic mass is 19.1. The number of hydrogen-bond acceptors (Lipinski definition) is 7. The van der Waals surface area contributed by atoms with Gasteiger partial charge in [-0.1, -0.05) is 0 Å². The van der Waals surface area contributed by atoms with E-state index < -0.39 is 17.4 Å². The van der Waals surface area contributed by atoms with Crippen LogP contribution in [-0.2, 0) is 4.74 Å². The largest absolute Gasteiger partial charge is 0.511 e. The Kier molecular flexibility index (Phi) is 4.55. The summed E-state index contributed by atoms with van der Waals surface area (Å²) in [7, 11) is 1.44. The van der Waals surface area contributed by atoms with Crippen LogP contribution in [0.1, 0.15) is 18.9 Å². The van der Waals surface area contributed by atoms with E-state index in [2.05, 4.69) is 10.1 Å². The molecule has 3 aliphatic rings. The fourth-order valence-electron chi connectivity index (χ4n) is 4.49. The molecule has 0 bridgehead atoms. The van der Waals surface area contributed by atoms with Crippen LogP contribution in [0.15, 0.2) is 17.1 Å². The highest BCUT2D eigenvalue weighted by molar-refractivity contribution is 5.92. The van der Waals surface area contributed by atoms with Gasteiger partial charge in [0.2, 0.25) is 5.43 Å². The summed E-state index contributed by atoms with van der Waals surface area (Å²) in [6.07, 6.45) is 1.48. The van der Waals surface area contributed by atoms with E-state index >= 15 is 4.39 Å². The van der Waals surface area contributed by atoms with E-state index in [-0.39, 0.29) is 40.8 Å². The number of morpholine rings is 1. The Hall–Kier alpha value is -2.85. The van der Waals surface area contributed by atoms with Crippen LogP contribution in [0, 0.1) is 5.82 Å². The summed E-state index contributed by atoms with van der Waals surface area (Å²) in [5.74, 6) is -0.694. The number of nitrogens with zero attached hydrogens (tertiary/aromatic N) is 2. The van der Waals surface area contributed by atoms with Crippen LogP contribution in [0.3, 0.4) is 0 Å². The zero-order valence-electron chi connectivity index (χ0n) is 16.4. The van der Waals surface area contributed by atoms with Crippen molar-refractivity contribution in [3.63, 3.8) is 0 Å². The number of methoxy groups -OCH3 is 1. The molecule has 2 aliphatic heterocycles. The van der Waals surface area contributed by atoms with Gasteiger partial charge in [0.25, 0.3) is 0 Å². The van der Waals surface area contributed by atoms with Crippen LogP contribution in [0.25, 0.3) is 10.9 Å². The highest BCUT2D eigenvalue weighted by Gasteiger charge is 2.39. The Bertz CT molecular complexity index is 1070. The maximum Gasteiger partial charge on any atom is 0.511 e. The van der Waals surface area contributed by atoms with Crippen molar-refractivity contribution in [3.05, 3.63) is 28.3 Å². The average Bonchev–Trinajstić information content (AvgIpc) is 3.47. The van der Waals surface area contributed by atoms with E-state index in [0.29, 0.717) is 25.2 Å². The van der Waals surface area contributed by atoms with Crippen LogP contribution >= 0.6 is 0 Å².